The van der Waals surface area contributed by atoms with E-state index in [4.69, 9.17) is 4.52 Å². The Morgan fingerprint density at radius 3 is 3.00 bits per heavy atom. The van der Waals surface area contributed by atoms with Gasteiger partial charge in [-0.3, -0.25) is 9.88 Å². The zero-order valence-electron chi connectivity index (χ0n) is 14.4. The van der Waals surface area contributed by atoms with E-state index in [2.05, 4.69) is 33.3 Å². The minimum atomic E-state index is 0.482. The maximum atomic E-state index is 5.61. The number of fused-ring (bicyclic) bond motifs is 1. The highest BCUT2D eigenvalue weighted by Crippen LogP contribution is 2.26. The minimum absolute atomic E-state index is 0.482. The van der Waals surface area contributed by atoms with Gasteiger partial charge in [0.25, 0.3) is 0 Å². The van der Waals surface area contributed by atoms with Crippen LogP contribution in [0.25, 0.3) is 0 Å². The van der Waals surface area contributed by atoms with Crippen LogP contribution < -0.4 is 5.32 Å². The molecule has 3 heterocycles. The number of rotatable bonds is 5. The number of hydrogen-bond acceptors (Lipinski definition) is 5. The molecule has 1 aliphatic heterocycles. The van der Waals surface area contributed by atoms with E-state index in [9.17, 15) is 0 Å². The van der Waals surface area contributed by atoms with Crippen molar-refractivity contribution in [2.24, 2.45) is 0 Å². The zero-order valence-corrected chi connectivity index (χ0v) is 14.4. The quantitative estimate of drug-likeness (QED) is 0.915. The van der Waals surface area contributed by atoms with Gasteiger partial charge in [0, 0.05) is 37.3 Å². The molecule has 128 valence electrons. The maximum absolute atomic E-state index is 5.61. The van der Waals surface area contributed by atoms with Gasteiger partial charge in [0.05, 0.1) is 5.69 Å². The highest BCUT2D eigenvalue weighted by Gasteiger charge is 2.27. The second-order valence-corrected chi connectivity index (χ2v) is 7.10. The smallest absolute Gasteiger partial charge is 0.140 e. The van der Waals surface area contributed by atoms with Crippen molar-refractivity contribution >= 4 is 0 Å². The van der Waals surface area contributed by atoms with Crippen LogP contribution in [0.4, 0.5) is 0 Å². The predicted molar refractivity (Wildman–Crippen MR) is 92.6 cm³/mol. The van der Waals surface area contributed by atoms with E-state index in [1.165, 1.54) is 37.1 Å². The fourth-order valence-corrected chi connectivity index (χ4v) is 3.86. The van der Waals surface area contributed by atoms with Gasteiger partial charge in [-0.05, 0) is 57.3 Å². The first-order valence-corrected chi connectivity index (χ1v) is 9.12. The van der Waals surface area contributed by atoms with E-state index in [0.717, 1.165) is 49.5 Å². The van der Waals surface area contributed by atoms with Crippen molar-refractivity contribution in [2.75, 3.05) is 13.1 Å². The van der Waals surface area contributed by atoms with Crippen LogP contribution in [0.2, 0.25) is 0 Å². The third kappa shape index (κ3) is 3.37. The molecule has 1 atom stereocenters. The summed E-state index contributed by atoms with van der Waals surface area (Å²) < 4.78 is 5.61. The summed E-state index contributed by atoms with van der Waals surface area (Å²) in [4.78, 5) is 6.98. The lowest BCUT2D eigenvalue weighted by Gasteiger charge is -2.23. The van der Waals surface area contributed by atoms with E-state index in [1.807, 2.05) is 12.3 Å². The fourth-order valence-electron chi connectivity index (χ4n) is 3.86. The van der Waals surface area contributed by atoms with Crippen molar-refractivity contribution in [3.05, 3.63) is 46.6 Å². The van der Waals surface area contributed by atoms with Crippen LogP contribution in [0.5, 0.6) is 0 Å². The molecule has 2 aromatic heterocycles. The van der Waals surface area contributed by atoms with Crippen molar-refractivity contribution in [3.63, 3.8) is 0 Å². The number of nitrogens with one attached hydrogen (secondary N) is 1. The number of hydrogen-bond donors (Lipinski definition) is 1. The van der Waals surface area contributed by atoms with Crippen LogP contribution in [0, 0.1) is 6.92 Å². The Hall–Kier alpha value is -1.72. The van der Waals surface area contributed by atoms with Crippen molar-refractivity contribution < 1.29 is 4.52 Å². The molecule has 2 aromatic rings. The summed E-state index contributed by atoms with van der Waals surface area (Å²) in [5.74, 6) is 1.11. The number of nitrogens with zero attached hydrogens (tertiary/aromatic N) is 3. The lowest BCUT2D eigenvalue weighted by atomic mass is 9.92. The number of aromatic nitrogens is 2. The van der Waals surface area contributed by atoms with Gasteiger partial charge >= 0.3 is 0 Å². The van der Waals surface area contributed by atoms with Gasteiger partial charge in [-0.25, -0.2) is 0 Å². The van der Waals surface area contributed by atoms with Gasteiger partial charge in [-0.15, -0.1) is 0 Å². The molecule has 1 saturated heterocycles. The Bertz CT molecular complexity index is 690. The number of likely N-dealkylation sites (tertiary alicyclic amines) is 1. The van der Waals surface area contributed by atoms with Crippen LogP contribution in [0.15, 0.2) is 22.9 Å². The van der Waals surface area contributed by atoms with Gasteiger partial charge in [0.2, 0.25) is 0 Å². The van der Waals surface area contributed by atoms with Gasteiger partial charge < -0.3 is 9.84 Å². The summed E-state index contributed by atoms with van der Waals surface area (Å²) in [5, 5.41) is 8.06. The summed E-state index contributed by atoms with van der Waals surface area (Å²) in [5.41, 5.74) is 4.91. The van der Waals surface area contributed by atoms with Crippen LogP contribution >= 0.6 is 0 Å². The first-order chi connectivity index (χ1) is 11.8. The van der Waals surface area contributed by atoms with Crippen molar-refractivity contribution in [3.8, 4) is 0 Å². The second kappa shape index (κ2) is 7.03. The molecule has 0 amide bonds. The standard InChI is InChI=1S/C19H26N4O/c1-14-5-4-8-20-17(14)12-21-15-6-7-19-16(11-15)18(22-24-19)13-23-9-2-3-10-23/h4-5,8,15,21H,2-3,6-7,9-13H2,1H3. The van der Waals surface area contributed by atoms with Crippen LogP contribution in [0.1, 0.15) is 47.5 Å². The third-order valence-electron chi connectivity index (χ3n) is 5.37. The van der Waals surface area contributed by atoms with Gasteiger partial charge in [-0.1, -0.05) is 11.2 Å². The first kappa shape index (κ1) is 15.8. The number of aryl methyl sites for hydroxylation is 2. The van der Waals surface area contributed by atoms with Crippen LogP contribution in [-0.4, -0.2) is 34.2 Å². The van der Waals surface area contributed by atoms with E-state index >= 15 is 0 Å². The molecule has 24 heavy (non-hydrogen) atoms. The Morgan fingerprint density at radius 2 is 2.17 bits per heavy atom. The van der Waals surface area contributed by atoms with Crippen molar-refractivity contribution in [1.29, 1.82) is 0 Å². The zero-order chi connectivity index (χ0) is 16.4. The summed E-state index contributed by atoms with van der Waals surface area (Å²) >= 11 is 0. The van der Waals surface area contributed by atoms with Crippen LogP contribution in [-0.2, 0) is 25.9 Å². The highest BCUT2D eigenvalue weighted by atomic mass is 16.5. The SMILES string of the molecule is Cc1cccnc1CNC1CCc2onc(CN3CCCC3)c2C1. The van der Waals surface area contributed by atoms with Gasteiger partial charge in [0.1, 0.15) is 11.5 Å². The summed E-state index contributed by atoms with van der Waals surface area (Å²) in [7, 11) is 0. The van der Waals surface area contributed by atoms with E-state index in [0.29, 0.717) is 6.04 Å². The highest BCUT2D eigenvalue weighted by molar-refractivity contribution is 5.27. The van der Waals surface area contributed by atoms with E-state index in [1.54, 1.807) is 0 Å². The van der Waals surface area contributed by atoms with Crippen molar-refractivity contribution in [1.82, 2.24) is 20.4 Å². The average Bonchev–Trinajstić information content (AvgIpc) is 3.25. The van der Waals surface area contributed by atoms with E-state index < -0.39 is 0 Å². The molecular weight excluding hydrogens is 300 g/mol. The molecule has 1 aliphatic carbocycles. The normalized spacial score (nSPS) is 21.1. The fraction of sp³-hybridized carbons (Fsp3) is 0.579. The molecule has 1 unspecified atom stereocenters. The molecule has 0 saturated carbocycles. The lowest BCUT2D eigenvalue weighted by molar-refractivity contribution is 0.309. The minimum Gasteiger partial charge on any atom is -0.361 e. The summed E-state index contributed by atoms with van der Waals surface area (Å²) in [6.45, 7) is 6.30. The Labute approximate surface area is 143 Å². The topological polar surface area (TPSA) is 54.2 Å². The monoisotopic (exact) mass is 326 g/mol. The van der Waals surface area contributed by atoms with Crippen LogP contribution in [0.3, 0.4) is 0 Å². The molecule has 1 N–H and O–H groups in total. The molecule has 2 aliphatic rings. The third-order valence-corrected chi connectivity index (χ3v) is 5.37. The average molecular weight is 326 g/mol. The second-order valence-electron chi connectivity index (χ2n) is 7.10. The Balaban J connectivity index is 1.39. The predicted octanol–water partition coefficient (Wildman–Crippen LogP) is 2.62. The molecular formula is C19H26N4O. The molecule has 5 heteroatoms. The van der Waals surface area contributed by atoms with E-state index in [-0.39, 0.29) is 0 Å². The molecule has 4 rings (SSSR count). The first-order valence-electron chi connectivity index (χ1n) is 9.12. The molecule has 0 radical (unpaired) electrons. The largest absolute Gasteiger partial charge is 0.361 e. The molecule has 0 aromatic carbocycles. The molecule has 1 fully saturated rings. The lowest BCUT2D eigenvalue weighted by Crippen LogP contribution is -2.34. The molecule has 0 spiro atoms. The maximum Gasteiger partial charge on any atom is 0.140 e. The van der Waals surface area contributed by atoms with Crippen molar-refractivity contribution in [2.45, 2.75) is 58.2 Å². The summed E-state index contributed by atoms with van der Waals surface area (Å²) in [6.07, 6.45) is 7.62. The molecule has 5 nitrogen and oxygen atoms in total. The van der Waals surface area contributed by atoms with Gasteiger partial charge in [0.15, 0.2) is 0 Å². The summed E-state index contributed by atoms with van der Waals surface area (Å²) in [6, 6.07) is 4.60. The Morgan fingerprint density at radius 1 is 1.29 bits per heavy atom. The van der Waals surface area contributed by atoms with Gasteiger partial charge in [-0.2, -0.15) is 0 Å². The Kier molecular flexibility index (Phi) is 4.63. The number of pyridine rings is 1. The molecule has 0 bridgehead atoms.